The van der Waals surface area contributed by atoms with Crippen molar-refractivity contribution in [2.45, 2.75) is 32.0 Å². The molecule has 4 aromatic rings. The summed E-state index contributed by atoms with van der Waals surface area (Å²) in [6.45, 7) is 0.926. The Morgan fingerprint density at radius 2 is 1.77 bits per heavy atom. The Bertz CT molecular complexity index is 1720. The van der Waals surface area contributed by atoms with Crippen molar-refractivity contribution in [2.75, 3.05) is 26.5 Å². The SMILES string of the molecule is O=C(CN(CC1CCCO1)C(=O)c1ccc(Br)cc1)N(Cc1ccc2c(c1)OCO2)Cc1coc2ccc(Cl)cc2c1=O. The zero-order valence-electron chi connectivity index (χ0n) is 23.1. The Morgan fingerprint density at radius 3 is 2.56 bits per heavy atom. The van der Waals surface area contributed by atoms with Gasteiger partial charge in [0.15, 0.2) is 16.9 Å². The van der Waals surface area contributed by atoms with Crippen molar-refractivity contribution < 1.29 is 28.2 Å². The molecule has 0 N–H and O–H groups in total. The predicted octanol–water partition coefficient (Wildman–Crippen LogP) is 5.79. The molecule has 1 unspecified atom stereocenters. The molecule has 0 aliphatic carbocycles. The van der Waals surface area contributed by atoms with Crippen LogP contribution in [0.4, 0.5) is 0 Å². The molecule has 43 heavy (non-hydrogen) atoms. The summed E-state index contributed by atoms with van der Waals surface area (Å²) in [6, 6.07) is 17.3. The number of amides is 2. The molecule has 11 heteroatoms. The maximum Gasteiger partial charge on any atom is 0.254 e. The van der Waals surface area contributed by atoms with Crippen LogP contribution >= 0.6 is 27.5 Å². The fraction of sp³-hybridized carbons (Fsp3) is 0.281. The number of hydrogen-bond donors (Lipinski definition) is 0. The second-order valence-electron chi connectivity index (χ2n) is 10.5. The molecule has 0 saturated carbocycles. The molecule has 1 atom stereocenters. The Morgan fingerprint density at radius 1 is 0.953 bits per heavy atom. The van der Waals surface area contributed by atoms with Crippen LogP contribution < -0.4 is 14.9 Å². The van der Waals surface area contributed by atoms with Crippen molar-refractivity contribution in [1.82, 2.24) is 9.80 Å². The Balaban J connectivity index is 1.31. The van der Waals surface area contributed by atoms with Gasteiger partial charge in [-0.1, -0.05) is 33.6 Å². The van der Waals surface area contributed by atoms with Crippen molar-refractivity contribution in [1.29, 1.82) is 0 Å². The highest BCUT2D eigenvalue weighted by atomic mass is 79.9. The Labute approximate surface area is 261 Å². The largest absolute Gasteiger partial charge is 0.464 e. The Kier molecular flexibility index (Phi) is 8.69. The molecule has 3 heterocycles. The second kappa shape index (κ2) is 12.8. The fourth-order valence-corrected chi connectivity index (χ4v) is 5.68. The molecule has 9 nitrogen and oxygen atoms in total. The van der Waals surface area contributed by atoms with Crippen LogP contribution in [-0.4, -0.2) is 54.2 Å². The van der Waals surface area contributed by atoms with Crippen LogP contribution in [0.5, 0.6) is 11.5 Å². The molecule has 2 aliphatic rings. The minimum Gasteiger partial charge on any atom is -0.464 e. The van der Waals surface area contributed by atoms with E-state index in [0.717, 1.165) is 22.9 Å². The lowest BCUT2D eigenvalue weighted by molar-refractivity contribution is -0.133. The van der Waals surface area contributed by atoms with Crippen LogP contribution in [0.1, 0.15) is 34.3 Å². The minimum absolute atomic E-state index is 0.0433. The summed E-state index contributed by atoms with van der Waals surface area (Å²) < 4.78 is 23.4. The van der Waals surface area contributed by atoms with Gasteiger partial charge in [0.25, 0.3) is 5.91 Å². The van der Waals surface area contributed by atoms with E-state index < -0.39 is 0 Å². The summed E-state index contributed by atoms with van der Waals surface area (Å²) in [4.78, 5) is 44.2. The van der Waals surface area contributed by atoms with E-state index in [4.69, 9.17) is 30.2 Å². The predicted molar refractivity (Wildman–Crippen MR) is 163 cm³/mol. The number of ether oxygens (including phenoxy) is 3. The first-order valence-electron chi connectivity index (χ1n) is 13.9. The maximum absolute atomic E-state index is 14.1. The van der Waals surface area contributed by atoms with Gasteiger partial charge in [0.2, 0.25) is 12.7 Å². The van der Waals surface area contributed by atoms with Crippen LogP contribution in [0.3, 0.4) is 0 Å². The molecule has 3 aromatic carbocycles. The highest BCUT2D eigenvalue weighted by Crippen LogP contribution is 2.33. The fourth-order valence-electron chi connectivity index (χ4n) is 5.24. The lowest BCUT2D eigenvalue weighted by Gasteiger charge is -2.29. The standard InChI is InChI=1S/C32H28BrClN2O7/c33-23-6-4-21(5-7-23)32(39)36(16-25-2-1-11-40-25)17-30(37)35(14-20-3-9-28-29(12-20)43-19-42-28)15-22-18-41-27-10-8-24(34)13-26(27)31(22)38/h3-10,12-13,18,25H,1-2,11,14-17,19H2. The third-order valence-corrected chi connectivity index (χ3v) is 8.25. The number of carbonyl (C=O) groups excluding carboxylic acids is 2. The van der Waals surface area contributed by atoms with E-state index in [1.807, 2.05) is 12.1 Å². The van der Waals surface area contributed by atoms with Gasteiger partial charge >= 0.3 is 0 Å². The first-order chi connectivity index (χ1) is 20.8. The summed E-state index contributed by atoms with van der Waals surface area (Å²) in [7, 11) is 0. The van der Waals surface area contributed by atoms with E-state index in [1.165, 1.54) is 16.1 Å². The van der Waals surface area contributed by atoms with Crippen molar-refractivity contribution in [2.24, 2.45) is 0 Å². The van der Waals surface area contributed by atoms with Gasteiger partial charge < -0.3 is 28.4 Å². The molecule has 1 saturated heterocycles. The van der Waals surface area contributed by atoms with E-state index in [9.17, 15) is 14.4 Å². The normalized spacial score (nSPS) is 15.5. The van der Waals surface area contributed by atoms with Crippen molar-refractivity contribution in [3.8, 4) is 11.5 Å². The maximum atomic E-state index is 14.1. The molecular weight excluding hydrogens is 640 g/mol. The smallest absolute Gasteiger partial charge is 0.254 e. The summed E-state index contributed by atoms with van der Waals surface area (Å²) in [5, 5.41) is 0.729. The number of rotatable bonds is 9. The zero-order chi connectivity index (χ0) is 29.9. The van der Waals surface area contributed by atoms with Crippen molar-refractivity contribution in [3.63, 3.8) is 0 Å². The van der Waals surface area contributed by atoms with E-state index in [0.29, 0.717) is 39.7 Å². The monoisotopic (exact) mass is 666 g/mol. The van der Waals surface area contributed by atoms with Gasteiger partial charge in [0.05, 0.1) is 29.9 Å². The number of halogens is 2. The third-order valence-electron chi connectivity index (χ3n) is 7.48. The number of nitrogens with zero attached hydrogens (tertiary/aromatic N) is 2. The van der Waals surface area contributed by atoms with Crippen LogP contribution in [0.15, 0.2) is 80.6 Å². The minimum atomic E-state index is -0.341. The van der Waals surface area contributed by atoms with Crippen molar-refractivity contribution >= 4 is 50.3 Å². The van der Waals surface area contributed by atoms with Crippen LogP contribution in [-0.2, 0) is 22.6 Å². The second-order valence-corrected chi connectivity index (χ2v) is 11.8. The zero-order valence-corrected chi connectivity index (χ0v) is 25.4. The molecule has 0 bridgehead atoms. The van der Waals surface area contributed by atoms with Gasteiger partial charge in [0.1, 0.15) is 12.1 Å². The topological polar surface area (TPSA) is 98.5 Å². The van der Waals surface area contributed by atoms with Gasteiger partial charge in [-0.3, -0.25) is 14.4 Å². The number of fused-ring (bicyclic) bond motifs is 2. The van der Waals surface area contributed by atoms with Crippen molar-refractivity contribution in [3.05, 3.63) is 103 Å². The molecule has 6 rings (SSSR count). The van der Waals surface area contributed by atoms with E-state index >= 15 is 0 Å². The first kappa shape index (κ1) is 29.2. The Hall–Kier alpha value is -3.86. The highest BCUT2D eigenvalue weighted by molar-refractivity contribution is 9.10. The van der Waals surface area contributed by atoms with Gasteiger partial charge in [-0.25, -0.2) is 0 Å². The van der Waals surface area contributed by atoms with Crippen LogP contribution in [0, 0.1) is 0 Å². The first-order valence-corrected chi connectivity index (χ1v) is 15.0. The molecule has 2 amide bonds. The molecular formula is C32H28BrClN2O7. The highest BCUT2D eigenvalue weighted by Gasteiger charge is 2.28. The third kappa shape index (κ3) is 6.71. The molecule has 0 radical (unpaired) electrons. The van der Waals surface area contributed by atoms with Gasteiger partial charge in [0, 0.05) is 34.8 Å². The summed E-state index contributed by atoms with van der Waals surface area (Å²) in [6.07, 6.45) is 2.92. The summed E-state index contributed by atoms with van der Waals surface area (Å²) in [5.74, 6) is 0.581. The molecule has 1 aromatic heterocycles. The van der Waals surface area contributed by atoms with Gasteiger partial charge in [-0.05, 0) is 73.0 Å². The van der Waals surface area contributed by atoms with Gasteiger partial charge in [-0.2, -0.15) is 0 Å². The summed E-state index contributed by atoms with van der Waals surface area (Å²) >= 11 is 9.56. The molecule has 222 valence electrons. The lowest BCUT2D eigenvalue weighted by atomic mass is 10.1. The summed E-state index contributed by atoms with van der Waals surface area (Å²) in [5.41, 5.74) is 1.64. The number of benzene rings is 3. The van der Waals surface area contributed by atoms with Crippen LogP contribution in [0.25, 0.3) is 11.0 Å². The molecule has 2 aliphatic heterocycles. The average Bonchev–Trinajstić information content (AvgIpc) is 3.70. The molecule has 0 spiro atoms. The molecule has 1 fully saturated rings. The number of hydrogen-bond acceptors (Lipinski definition) is 7. The quantitative estimate of drug-likeness (QED) is 0.223. The number of carbonyl (C=O) groups is 2. The van der Waals surface area contributed by atoms with E-state index in [-0.39, 0.29) is 61.9 Å². The average molecular weight is 668 g/mol. The van der Waals surface area contributed by atoms with Crippen LogP contribution in [0.2, 0.25) is 5.02 Å². The van der Waals surface area contributed by atoms with Gasteiger partial charge in [-0.15, -0.1) is 0 Å². The van der Waals surface area contributed by atoms with E-state index in [1.54, 1.807) is 48.5 Å². The van der Waals surface area contributed by atoms with E-state index in [2.05, 4.69) is 15.9 Å². The lowest BCUT2D eigenvalue weighted by Crippen LogP contribution is -2.45.